The van der Waals surface area contributed by atoms with E-state index in [1.54, 1.807) is 39.0 Å². The van der Waals surface area contributed by atoms with Gasteiger partial charge in [0, 0.05) is 12.0 Å². The second-order valence-corrected chi connectivity index (χ2v) is 13.2. The van der Waals surface area contributed by atoms with Crippen LogP contribution < -0.4 is 25.4 Å². The number of esters is 1. The number of ketones is 1. The van der Waals surface area contributed by atoms with Gasteiger partial charge in [-0.2, -0.15) is 18.4 Å². The Hall–Kier alpha value is -5.91. The number of methoxy groups -OCH3 is 1. The van der Waals surface area contributed by atoms with Crippen LogP contribution in [0.4, 0.5) is 13.2 Å². The second kappa shape index (κ2) is 18.0. The number of nitrogens with one attached hydrogen (secondary N) is 3. The summed E-state index contributed by atoms with van der Waals surface area (Å²) in [5.74, 6) is -5.82. The van der Waals surface area contributed by atoms with Crippen LogP contribution in [0, 0.1) is 17.2 Å². The van der Waals surface area contributed by atoms with Crippen LogP contribution in [-0.2, 0) is 30.3 Å². The lowest BCUT2D eigenvalue weighted by Crippen LogP contribution is -2.55. The number of carbonyl (C=O) groups is 5. The fourth-order valence-electron chi connectivity index (χ4n) is 4.96. The molecule has 0 unspecified atom stereocenters. The zero-order chi connectivity index (χ0) is 39.5. The Labute approximate surface area is 305 Å². The van der Waals surface area contributed by atoms with E-state index >= 15 is 0 Å². The highest BCUT2D eigenvalue weighted by molar-refractivity contribution is 5.99. The molecule has 0 aliphatic heterocycles. The van der Waals surface area contributed by atoms with E-state index in [1.165, 1.54) is 75.6 Å². The quantitative estimate of drug-likeness (QED) is 0.186. The number of hydrogen-bond donors (Lipinski definition) is 3. The fourth-order valence-corrected chi connectivity index (χ4v) is 4.96. The average molecular weight is 739 g/mol. The van der Waals surface area contributed by atoms with Gasteiger partial charge in [-0.3, -0.25) is 19.2 Å². The third kappa shape index (κ3) is 12.7. The maximum absolute atomic E-state index is 14.0. The molecule has 282 valence electrons. The SMILES string of the molecule is COc1ccc([C@H](NC(=O)[C@H](Cc2cccc(C#N)c2)NC(=O)c2ccc(OCC(=O)OC(C)(C)C)cc2)C(=O)N[C@H](C(=O)C(F)(F)F)C(C)C)cc1. The third-order valence-corrected chi connectivity index (χ3v) is 7.54. The van der Waals surface area contributed by atoms with Crippen molar-refractivity contribution in [1.82, 2.24) is 16.0 Å². The van der Waals surface area contributed by atoms with Crippen LogP contribution >= 0.6 is 0 Å². The van der Waals surface area contributed by atoms with Gasteiger partial charge in [-0.05, 0) is 86.3 Å². The molecule has 53 heavy (non-hydrogen) atoms. The van der Waals surface area contributed by atoms with E-state index in [9.17, 15) is 42.4 Å². The third-order valence-electron chi connectivity index (χ3n) is 7.54. The van der Waals surface area contributed by atoms with Gasteiger partial charge in [-0.15, -0.1) is 0 Å². The molecule has 3 aromatic rings. The summed E-state index contributed by atoms with van der Waals surface area (Å²) >= 11 is 0. The van der Waals surface area contributed by atoms with Gasteiger partial charge in [0.15, 0.2) is 6.61 Å². The van der Waals surface area contributed by atoms with Crippen molar-refractivity contribution in [2.75, 3.05) is 13.7 Å². The van der Waals surface area contributed by atoms with Crippen LogP contribution in [0.2, 0.25) is 0 Å². The van der Waals surface area contributed by atoms with Crippen molar-refractivity contribution in [3.05, 3.63) is 95.1 Å². The molecule has 0 bridgehead atoms. The van der Waals surface area contributed by atoms with Crippen molar-refractivity contribution in [3.8, 4) is 17.6 Å². The number of nitriles is 1. The summed E-state index contributed by atoms with van der Waals surface area (Å²) in [7, 11) is 1.40. The summed E-state index contributed by atoms with van der Waals surface area (Å²) in [6.07, 6.45) is -5.40. The van der Waals surface area contributed by atoms with Crippen LogP contribution in [0.25, 0.3) is 0 Å². The van der Waals surface area contributed by atoms with Gasteiger partial charge in [0.2, 0.25) is 11.8 Å². The molecule has 0 fully saturated rings. The number of benzene rings is 3. The highest BCUT2D eigenvalue weighted by Crippen LogP contribution is 2.24. The number of rotatable bonds is 15. The minimum absolute atomic E-state index is 0.0908. The highest BCUT2D eigenvalue weighted by atomic mass is 19.4. The monoisotopic (exact) mass is 738 g/mol. The van der Waals surface area contributed by atoms with E-state index in [1.807, 2.05) is 6.07 Å². The van der Waals surface area contributed by atoms with Crippen LogP contribution in [0.5, 0.6) is 11.5 Å². The number of carbonyl (C=O) groups excluding carboxylic acids is 5. The average Bonchev–Trinajstić information content (AvgIpc) is 3.10. The van der Waals surface area contributed by atoms with Crippen molar-refractivity contribution in [1.29, 1.82) is 5.26 Å². The molecule has 0 spiro atoms. The predicted molar refractivity (Wildman–Crippen MR) is 186 cm³/mol. The molecule has 0 aliphatic rings. The lowest BCUT2D eigenvalue weighted by molar-refractivity contribution is -0.175. The van der Waals surface area contributed by atoms with Gasteiger partial charge in [-0.25, -0.2) is 4.79 Å². The topological polar surface area (TPSA) is 173 Å². The standard InChI is InChI=1S/C38H41F3N4O8/c1-22(2)31(33(47)38(39,40)41)44-36(50)32(25-10-14-27(51-6)15-11-25)45-35(49)29(19-23-8-7-9-24(18-23)20-42)43-34(48)26-12-16-28(17-13-26)52-21-30(46)53-37(3,4)5/h7-18,22,29,31-32H,19,21H2,1-6H3,(H,43,48)(H,44,50)(H,45,49)/t29-,31-,32-/m0/s1. The van der Waals surface area contributed by atoms with Crippen molar-refractivity contribution in [2.24, 2.45) is 5.92 Å². The van der Waals surface area contributed by atoms with Crippen LogP contribution in [0.1, 0.15) is 67.7 Å². The number of hydrogen-bond acceptors (Lipinski definition) is 9. The first-order valence-electron chi connectivity index (χ1n) is 16.4. The zero-order valence-corrected chi connectivity index (χ0v) is 30.0. The van der Waals surface area contributed by atoms with Gasteiger partial charge in [0.25, 0.3) is 11.7 Å². The first kappa shape index (κ1) is 41.5. The molecule has 0 saturated heterocycles. The van der Waals surface area contributed by atoms with Gasteiger partial charge in [0.05, 0.1) is 24.8 Å². The molecule has 3 amide bonds. The van der Waals surface area contributed by atoms with Crippen molar-refractivity contribution < 1.29 is 51.4 Å². The van der Waals surface area contributed by atoms with Crippen molar-refractivity contribution in [3.63, 3.8) is 0 Å². The smallest absolute Gasteiger partial charge is 0.452 e. The number of alkyl halides is 3. The normalized spacial score (nSPS) is 13.1. The lowest BCUT2D eigenvalue weighted by atomic mass is 9.97. The van der Waals surface area contributed by atoms with E-state index in [2.05, 4.69) is 16.0 Å². The van der Waals surface area contributed by atoms with Gasteiger partial charge in [-0.1, -0.05) is 38.1 Å². The first-order valence-corrected chi connectivity index (χ1v) is 16.4. The molecule has 0 aliphatic carbocycles. The number of halogens is 3. The Morgan fingerprint density at radius 2 is 1.45 bits per heavy atom. The Morgan fingerprint density at radius 1 is 0.830 bits per heavy atom. The van der Waals surface area contributed by atoms with E-state index in [-0.39, 0.29) is 35.5 Å². The summed E-state index contributed by atoms with van der Waals surface area (Å²) < 4.78 is 56.1. The van der Waals surface area contributed by atoms with E-state index in [0.717, 1.165) is 0 Å². The number of Topliss-reactive ketones (excluding diaryl/α,β-unsaturated/α-hetero) is 1. The van der Waals surface area contributed by atoms with Gasteiger partial charge >= 0.3 is 12.1 Å². The molecule has 0 aromatic heterocycles. The van der Waals surface area contributed by atoms with E-state index < -0.39 is 65.3 Å². The number of ether oxygens (including phenoxy) is 3. The molecule has 0 radical (unpaired) electrons. The molecule has 15 heteroatoms. The fraction of sp³-hybridized carbons (Fsp3) is 0.368. The summed E-state index contributed by atoms with van der Waals surface area (Å²) in [4.78, 5) is 65.3. The van der Waals surface area contributed by atoms with Crippen LogP contribution in [-0.4, -0.2) is 67.1 Å². The second-order valence-electron chi connectivity index (χ2n) is 13.2. The van der Waals surface area contributed by atoms with E-state index in [4.69, 9.17) is 14.2 Å². The Balaban J connectivity index is 1.92. The molecule has 3 rings (SSSR count). The first-order chi connectivity index (χ1) is 24.8. The Morgan fingerprint density at radius 3 is 2.00 bits per heavy atom. The highest BCUT2D eigenvalue weighted by Gasteiger charge is 2.45. The molecule has 0 heterocycles. The summed E-state index contributed by atoms with van der Waals surface area (Å²) in [5, 5.41) is 16.7. The summed E-state index contributed by atoms with van der Waals surface area (Å²) in [6, 6.07) is 14.7. The van der Waals surface area contributed by atoms with Crippen LogP contribution in [0.3, 0.4) is 0 Å². The number of amides is 3. The Kier molecular flexibility index (Phi) is 14.1. The molecular weight excluding hydrogens is 697 g/mol. The maximum Gasteiger partial charge on any atom is 0.452 e. The number of nitrogens with zero attached hydrogens (tertiary/aromatic N) is 1. The predicted octanol–water partition coefficient (Wildman–Crippen LogP) is 4.76. The minimum atomic E-state index is -5.24. The molecule has 3 atom stereocenters. The molecule has 3 N–H and O–H groups in total. The maximum atomic E-state index is 14.0. The molecule has 3 aromatic carbocycles. The summed E-state index contributed by atoms with van der Waals surface area (Å²) in [6.45, 7) is 7.42. The van der Waals surface area contributed by atoms with Crippen molar-refractivity contribution >= 4 is 29.5 Å². The lowest BCUT2D eigenvalue weighted by Gasteiger charge is -2.27. The summed E-state index contributed by atoms with van der Waals surface area (Å²) in [5.41, 5.74) is 0.267. The Bertz CT molecular complexity index is 1810. The van der Waals surface area contributed by atoms with E-state index in [0.29, 0.717) is 11.3 Å². The molecule has 12 nitrogen and oxygen atoms in total. The molecule has 0 saturated carbocycles. The van der Waals surface area contributed by atoms with Crippen LogP contribution in [0.15, 0.2) is 72.8 Å². The zero-order valence-electron chi connectivity index (χ0n) is 30.0. The van der Waals surface area contributed by atoms with Gasteiger partial charge in [0.1, 0.15) is 29.2 Å². The van der Waals surface area contributed by atoms with Gasteiger partial charge < -0.3 is 30.2 Å². The minimum Gasteiger partial charge on any atom is -0.497 e. The van der Waals surface area contributed by atoms with Crippen molar-refractivity contribution in [2.45, 2.75) is 70.9 Å². The molecular formula is C38H41F3N4O8. The largest absolute Gasteiger partial charge is 0.497 e.